The number of rotatable bonds is 11. The molecule has 1 aliphatic rings. The molecule has 0 aliphatic heterocycles. The van der Waals surface area contributed by atoms with Crippen LogP contribution in [0, 0.1) is 0 Å². The van der Waals surface area contributed by atoms with E-state index in [0.717, 1.165) is 37.0 Å². The number of nitrogens with one attached hydrogen (secondary N) is 1. The van der Waals surface area contributed by atoms with Crippen molar-refractivity contribution >= 4 is 38.0 Å². The second-order valence-electron chi connectivity index (χ2n) is 7.54. The first-order valence-corrected chi connectivity index (χ1v) is 12.8. The van der Waals surface area contributed by atoms with Gasteiger partial charge in [0.15, 0.2) is 0 Å². The lowest BCUT2D eigenvalue weighted by Crippen LogP contribution is -2.45. The molecule has 1 aromatic heterocycles. The van der Waals surface area contributed by atoms with E-state index in [9.17, 15) is 25.9 Å². The number of nitrogens with zero attached hydrogens (tertiary/aromatic N) is 1. The second-order valence-corrected chi connectivity index (χ2v) is 11.0. The molecule has 0 aromatic carbocycles. The zero-order valence-corrected chi connectivity index (χ0v) is 18.5. The Morgan fingerprint density at radius 1 is 1.00 bits per heavy atom. The highest BCUT2D eigenvalue weighted by Crippen LogP contribution is 2.29. The first-order valence-electron chi connectivity index (χ1n) is 9.94. The van der Waals surface area contributed by atoms with Crippen LogP contribution in [-0.4, -0.2) is 40.0 Å². The van der Waals surface area contributed by atoms with Crippen LogP contribution in [0.3, 0.4) is 0 Å². The van der Waals surface area contributed by atoms with Gasteiger partial charge in [0, 0.05) is 0 Å². The van der Waals surface area contributed by atoms with Crippen molar-refractivity contribution in [3.8, 4) is 0 Å². The van der Waals surface area contributed by atoms with Crippen molar-refractivity contribution in [2.75, 3.05) is 0 Å². The molecule has 0 radical (unpaired) electrons. The van der Waals surface area contributed by atoms with Gasteiger partial charge in [-0.05, 0) is 43.6 Å². The highest BCUT2D eigenvalue weighted by molar-refractivity contribution is 8.06. The minimum Gasteiger partial charge on any atom is -0.339 e. The summed E-state index contributed by atoms with van der Waals surface area (Å²) in [7, 11) is -10.3. The number of hydrogen-bond donors (Lipinski definition) is 3. The Balaban J connectivity index is 2.14. The molecule has 0 bridgehead atoms. The number of aromatic nitrogens is 2. The van der Waals surface area contributed by atoms with Crippen molar-refractivity contribution in [3.63, 3.8) is 0 Å². The summed E-state index contributed by atoms with van der Waals surface area (Å²) in [6.07, 6.45) is 13.1. The van der Waals surface area contributed by atoms with Crippen molar-refractivity contribution < 1.29 is 25.9 Å². The van der Waals surface area contributed by atoms with Crippen molar-refractivity contribution in [1.29, 1.82) is 0 Å². The summed E-state index contributed by atoms with van der Waals surface area (Å²) in [5.41, 5.74) is 1.84. The first kappa shape index (κ1) is 23.8. The van der Waals surface area contributed by atoms with Crippen molar-refractivity contribution in [3.05, 3.63) is 22.6 Å². The highest BCUT2D eigenvalue weighted by atomic mass is 32.3. The molecule has 1 heterocycles. The predicted octanol–water partition coefficient (Wildman–Crippen LogP) is 2.39. The normalized spacial score (nSPS) is 17.0. The van der Waals surface area contributed by atoms with Crippen LogP contribution in [0.15, 0.2) is 6.08 Å². The SMILES string of the molecule is CCCCCCCCCCC(C)=c1nc2c([nH]1)=CC(S(=O)(=O)O)(S(=O)(=O)O)C=C2. The maximum Gasteiger partial charge on any atom is 0.295 e. The monoisotopic (exact) mass is 446 g/mol. The Labute approximate surface area is 172 Å². The predicted molar refractivity (Wildman–Crippen MR) is 113 cm³/mol. The van der Waals surface area contributed by atoms with E-state index in [1.807, 2.05) is 6.92 Å². The minimum atomic E-state index is -5.16. The molecule has 0 amide bonds. The molecule has 1 aliphatic carbocycles. The van der Waals surface area contributed by atoms with Crippen LogP contribution in [0.2, 0.25) is 0 Å². The molecule has 0 saturated carbocycles. The fraction of sp³-hybridized carbons (Fsp3) is 0.632. The van der Waals surface area contributed by atoms with E-state index in [-0.39, 0.29) is 5.35 Å². The van der Waals surface area contributed by atoms with Gasteiger partial charge in [0.1, 0.15) is 5.48 Å². The molecule has 0 saturated heterocycles. The molecule has 29 heavy (non-hydrogen) atoms. The molecular weight excluding hydrogens is 416 g/mol. The lowest BCUT2D eigenvalue weighted by Gasteiger charge is -2.21. The third kappa shape index (κ3) is 5.56. The van der Waals surface area contributed by atoms with Gasteiger partial charge in [-0.3, -0.25) is 9.11 Å². The van der Waals surface area contributed by atoms with Gasteiger partial charge < -0.3 is 4.98 Å². The molecule has 1 aromatic rings. The standard InChI is InChI=1S/C19H30N2O6S2/c1-3-4-5-6-7-8-9-10-11-15(2)18-20-16-12-13-19(28(22,23)24,29(25,26)27)14-17(16)21-18/h12-14,21H,3-11H2,1-2H3,(H,22,23,24)(H,25,26,27). The molecule has 164 valence electrons. The number of imidazole rings is 1. The zero-order valence-electron chi connectivity index (χ0n) is 16.9. The van der Waals surface area contributed by atoms with Gasteiger partial charge in [0.05, 0.1) is 11.0 Å². The molecule has 10 heteroatoms. The molecule has 8 nitrogen and oxygen atoms in total. The fourth-order valence-electron chi connectivity index (χ4n) is 3.38. The maximum absolute atomic E-state index is 11.7. The smallest absolute Gasteiger partial charge is 0.295 e. The second kappa shape index (κ2) is 9.55. The number of H-pyrrole nitrogens is 1. The lowest BCUT2D eigenvalue weighted by atomic mass is 10.1. The van der Waals surface area contributed by atoms with Crippen molar-refractivity contribution in [2.45, 2.75) is 75.7 Å². The van der Waals surface area contributed by atoms with Crippen molar-refractivity contribution in [1.82, 2.24) is 9.97 Å². The average molecular weight is 447 g/mol. The molecule has 3 N–H and O–H groups in total. The zero-order chi connectivity index (χ0) is 21.7. The Hall–Kier alpha value is -1.49. The van der Waals surface area contributed by atoms with Crippen LogP contribution in [0.4, 0.5) is 0 Å². The summed E-state index contributed by atoms with van der Waals surface area (Å²) in [5, 5.41) is 0.119. The van der Waals surface area contributed by atoms with Gasteiger partial charge in [-0.1, -0.05) is 51.9 Å². The minimum absolute atomic E-state index is 0.119. The van der Waals surface area contributed by atoms with E-state index < -0.39 is 24.3 Å². The largest absolute Gasteiger partial charge is 0.339 e. The van der Waals surface area contributed by atoms with Crippen LogP contribution in [0.25, 0.3) is 17.7 Å². The molecule has 0 spiro atoms. The topological polar surface area (TPSA) is 137 Å². The summed E-state index contributed by atoms with van der Waals surface area (Å²) in [6, 6.07) is 0. The molecule has 2 rings (SSSR count). The lowest BCUT2D eigenvalue weighted by molar-refractivity contribution is 0.453. The van der Waals surface area contributed by atoms with Crippen LogP contribution < -0.4 is 10.8 Å². The first-order chi connectivity index (χ1) is 13.5. The van der Waals surface area contributed by atoms with Crippen LogP contribution in [-0.2, 0) is 20.2 Å². The Morgan fingerprint density at radius 3 is 2.10 bits per heavy atom. The Morgan fingerprint density at radius 2 is 1.55 bits per heavy atom. The van der Waals surface area contributed by atoms with Gasteiger partial charge in [0.25, 0.3) is 24.3 Å². The number of hydrogen-bond acceptors (Lipinski definition) is 5. The summed E-state index contributed by atoms with van der Waals surface area (Å²) in [4.78, 5) is 7.27. The number of aromatic amines is 1. The summed E-state index contributed by atoms with van der Waals surface area (Å²) in [5.74, 6) is 0. The number of unbranched alkanes of at least 4 members (excludes halogenated alkanes) is 7. The summed E-state index contributed by atoms with van der Waals surface area (Å²) in [6.45, 7) is 4.11. The third-order valence-electron chi connectivity index (χ3n) is 5.20. The summed E-state index contributed by atoms with van der Waals surface area (Å²) >= 11 is 0. The maximum atomic E-state index is 11.7. The molecule has 0 atom stereocenters. The highest BCUT2D eigenvalue weighted by Gasteiger charge is 2.52. The van der Waals surface area contributed by atoms with Crippen LogP contribution in [0.1, 0.15) is 77.3 Å². The van der Waals surface area contributed by atoms with Gasteiger partial charge in [-0.2, -0.15) is 16.8 Å². The molecular formula is C19H30N2O6S2. The quantitative estimate of drug-likeness (QED) is 0.350. The van der Waals surface area contributed by atoms with Crippen LogP contribution >= 0.6 is 0 Å². The average Bonchev–Trinajstić information content (AvgIpc) is 3.05. The van der Waals surface area contributed by atoms with E-state index in [2.05, 4.69) is 16.9 Å². The van der Waals surface area contributed by atoms with E-state index >= 15 is 0 Å². The Kier molecular flexibility index (Phi) is 7.83. The van der Waals surface area contributed by atoms with E-state index in [0.29, 0.717) is 11.2 Å². The fourth-order valence-corrected chi connectivity index (χ4v) is 5.46. The van der Waals surface area contributed by atoms with Crippen molar-refractivity contribution in [2.24, 2.45) is 0 Å². The van der Waals surface area contributed by atoms with E-state index in [1.54, 1.807) is 0 Å². The van der Waals surface area contributed by atoms with Gasteiger partial charge in [-0.25, -0.2) is 4.98 Å². The van der Waals surface area contributed by atoms with Gasteiger partial charge >= 0.3 is 0 Å². The number of fused-ring (bicyclic) bond motifs is 1. The third-order valence-corrected chi connectivity index (χ3v) is 8.58. The molecule has 0 unspecified atom stereocenters. The van der Waals surface area contributed by atoms with Gasteiger partial charge in [0.2, 0.25) is 0 Å². The Bertz CT molecular complexity index is 1040. The van der Waals surface area contributed by atoms with E-state index in [1.165, 1.54) is 44.6 Å². The van der Waals surface area contributed by atoms with Gasteiger partial charge in [-0.15, -0.1) is 0 Å². The van der Waals surface area contributed by atoms with Crippen LogP contribution in [0.5, 0.6) is 0 Å². The van der Waals surface area contributed by atoms with E-state index in [4.69, 9.17) is 0 Å². The molecule has 0 fully saturated rings. The summed E-state index contributed by atoms with van der Waals surface area (Å²) < 4.78 is 62.6.